The van der Waals surface area contributed by atoms with Gasteiger partial charge in [-0.15, -0.1) is 0 Å². The second-order valence-corrected chi connectivity index (χ2v) is 6.00. The van der Waals surface area contributed by atoms with Gasteiger partial charge in [0.15, 0.2) is 0 Å². The summed E-state index contributed by atoms with van der Waals surface area (Å²) in [5.41, 5.74) is 3.55. The molecule has 4 aromatic rings. The van der Waals surface area contributed by atoms with Crippen LogP contribution in [0.1, 0.15) is 11.1 Å². The molecular weight excluding hydrogens is 407 g/mol. The highest BCUT2D eigenvalue weighted by Gasteiger charge is 2.05. The van der Waals surface area contributed by atoms with Crippen molar-refractivity contribution in [2.45, 2.75) is 13.2 Å². The molecule has 0 saturated carbocycles. The van der Waals surface area contributed by atoms with Crippen molar-refractivity contribution in [3.05, 3.63) is 57.4 Å². The molecule has 23 heavy (non-hydrogen) atoms. The topological polar surface area (TPSA) is 97.8 Å². The number of para-hydroxylation sites is 2. The van der Waals surface area contributed by atoms with Gasteiger partial charge < -0.3 is 10.2 Å². The summed E-state index contributed by atoms with van der Waals surface area (Å²) in [5.74, 6) is 0. The fourth-order valence-electron chi connectivity index (χ4n) is 2.36. The highest BCUT2D eigenvalue weighted by molar-refractivity contribution is 14.1. The Labute approximate surface area is 145 Å². The average molecular weight is 422 g/mol. The van der Waals surface area contributed by atoms with Gasteiger partial charge in [-0.25, -0.2) is 0 Å². The summed E-state index contributed by atoms with van der Waals surface area (Å²) < 4.78 is 1.01. The van der Waals surface area contributed by atoms with Crippen LogP contribution in [0.15, 0.2) is 42.6 Å². The standard InChI is InChI=1S/C8H7IN2O.C8H8N2O/c9-8-6-3-1-2-5(4-12)7(6)10-11-8;11-5-7-3-1-2-6-4-9-10-8(6)7/h1-3,12H,4H2,(H,10,11);1-4,11H,5H2,(H,9,10). The maximum Gasteiger partial charge on any atom is 0.104 e. The Morgan fingerprint density at radius 2 is 1.70 bits per heavy atom. The van der Waals surface area contributed by atoms with Crippen molar-refractivity contribution in [1.82, 2.24) is 20.4 Å². The maximum absolute atomic E-state index is 8.99. The molecule has 0 radical (unpaired) electrons. The van der Waals surface area contributed by atoms with Gasteiger partial charge in [0.25, 0.3) is 0 Å². The first-order valence-electron chi connectivity index (χ1n) is 6.98. The predicted octanol–water partition coefficient (Wildman–Crippen LogP) is 2.71. The molecule has 0 aliphatic heterocycles. The molecule has 2 aromatic carbocycles. The predicted molar refractivity (Wildman–Crippen MR) is 96.8 cm³/mol. The molecule has 0 aliphatic carbocycles. The molecule has 0 spiro atoms. The second kappa shape index (κ2) is 7.07. The molecule has 2 aromatic heterocycles. The average Bonchev–Trinajstić information content (AvgIpc) is 3.22. The van der Waals surface area contributed by atoms with Crippen molar-refractivity contribution in [3.8, 4) is 0 Å². The summed E-state index contributed by atoms with van der Waals surface area (Å²) in [7, 11) is 0. The normalized spacial score (nSPS) is 10.7. The van der Waals surface area contributed by atoms with Gasteiger partial charge in [0.1, 0.15) is 3.70 Å². The van der Waals surface area contributed by atoms with Gasteiger partial charge in [-0.3, -0.25) is 10.2 Å². The lowest BCUT2D eigenvalue weighted by molar-refractivity contribution is 0.283. The van der Waals surface area contributed by atoms with Crippen molar-refractivity contribution in [2.24, 2.45) is 0 Å². The van der Waals surface area contributed by atoms with E-state index in [1.54, 1.807) is 6.20 Å². The van der Waals surface area contributed by atoms with E-state index in [1.807, 2.05) is 36.4 Å². The van der Waals surface area contributed by atoms with Crippen LogP contribution < -0.4 is 0 Å². The summed E-state index contributed by atoms with van der Waals surface area (Å²) in [4.78, 5) is 0. The van der Waals surface area contributed by atoms with Crippen LogP contribution >= 0.6 is 22.6 Å². The summed E-state index contributed by atoms with van der Waals surface area (Å²) >= 11 is 2.19. The quantitative estimate of drug-likeness (QED) is 0.374. The molecule has 6 nitrogen and oxygen atoms in total. The number of aliphatic hydroxyl groups is 2. The van der Waals surface area contributed by atoms with Crippen LogP contribution in [-0.2, 0) is 13.2 Å². The fraction of sp³-hybridized carbons (Fsp3) is 0.125. The molecule has 2 heterocycles. The Morgan fingerprint density at radius 3 is 2.48 bits per heavy atom. The molecular formula is C16H15IN4O2. The van der Waals surface area contributed by atoms with Gasteiger partial charge in [0.05, 0.1) is 30.4 Å². The number of aromatic amines is 2. The summed E-state index contributed by atoms with van der Waals surface area (Å²) in [6.07, 6.45) is 1.74. The third-order valence-electron chi connectivity index (χ3n) is 3.53. The molecule has 0 atom stereocenters. The van der Waals surface area contributed by atoms with Gasteiger partial charge in [0.2, 0.25) is 0 Å². The van der Waals surface area contributed by atoms with Crippen molar-refractivity contribution in [1.29, 1.82) is 0 Å². The molecule has 0 fully saturated rings. The molecule has 0 aliphatic rings. The van der Waals surface area contributed by atoms with Gasteiger partial charge in [-0.2, -0.15) is 10.2 Å². The van der Waals surface area contributed by atoms with Crippen LogP contribution in [0.5, 0.6) is 0 Å². The smallest absolute Gasteiger partial charge is 0.104 e. The van der Waals surface area contributed by atoms with Crippen LogP contribution in [0.4, 0.5) is 0 Å². The lowest BCUT2D eigenvalue weighted by atomic mass is 10.1. The number of fused-ring (bicyclic) bond motifs is 2. The van der Waals surface area contributed by atoms with E-state index in [0.717, 1.165) is 36.6 Å². The van der Waals surface area contributed by atoms with E-state index >= 15 is 0 Å². The first-order valence-corrected chi connectivity index (χ1v) is 8.06. The third-order valence-corrected chi connectivity index (χ3v) is 4.35. The first kappa shape index (κ1) is 15.9. The van der Waals surface area contributed by atoms with Gasteiger partial charge in [-0.1, -0.05) is 36.4 Å². The number of rotatable bonds is 2. The highest BCUT2D eigenvalue weighted by Crippen LogP contribution is 2.20. The Morgan fingerprint density at radius 1 is 0.957 bits per heavy atom. The number of H-pyrrole nitrogens is 2. The zero-order valence-corrected chi connectivity index (χ0v) is 14.3. The number of hydrogen-bond acceptors (Lipinski definition) is 4. The number of nitrogens with zero attached hydrogens (tertiary/aromatic N) is 2. The molecule has 0 unspecified atom stereocenters. The minimum atomic E-state index is 0.0400. The van der Waals surface area contributed by atoms with E-state index < -0.39 is 0 Å². The van der Waals surface area contributed by atoms with Crippen molar-refractivity contribution < 1.29 is 10.2 Å². The Kier molecular flexibility index (Phi) is 4.89. The molecule has 0 amide bonds. The highest BCUT2D eigenvalue weighted by atomic mass is 127. The van der Waals surface area contributed by atoms with E-state index in [4.69, 9.17) is 10.2 Å². The van der Waals surface area contributed by atoms with Crippen LogP contribution in [0.2, 0.25) is 0 Å². The van der Waals surface area contributed by atoms with E-state index in [9.17, 15) is 0 Å². The van der Waals surface area contributed by atoms with Gasteiger partial charge >= 0.3 is 0 Å². The number of aliphatic hydroxyl groups excluding tert-OH is 2. The van der Waals surface area contributed by atoms with Crippen LogP contribution in [0, 0.1) is 3.70 Å². The lowest BCUT2D eigenvalue weighted by Crippen LogP contribution is -1.83. The van der Waals surface area contributed by atoms with Crippen molar-refractivity contribution in [2.75, 3.05) is 0 Å². The van der Waals surface area contributed by atoms with Crippen LogP contribution in [0.25, 0.3) is 21.8 Å². The largest absolute Gasteiger partial charge is 0.392 e. The minimum absolute atomic E-state index is 0.0400. The number of aromatic nitrogens is 4. The number of halogens is 1. The molecule has 4 rings (SSSR count). The Balaban J connectivity index is 0.000000136. The summed E-state index contributed by atoms with van der Waals surface area (Å²) in [6, 6.07) is 11.5. The van der Waals surface area contributed by atoms with Crippen LogP contribution in [-0.4, -0.2) is 30.6 Å². The monoisotopic (exact) mass is 422 g/mol. The molecule has 118 valence electrons. The maximum atomic E-state index is 8.99. The van der Waals surface area contributed by atoms with Crippen molar-refractivity contribution in [3.63, 3.8) is 0 Å². The Hall–Kier alpha value is -1.97. The second-order valence-electron chi connectivity index (χ2n) is 4.92. The van der Waals surface area contributed by atoms with E-state index in [-0.39, 0.29) is 13.2 Å². The number of benzene rings is 2. The summed E-state index contributed by atoms with van der Waals surface area (Å²) in [5, 5.41) is 33.7. The zero-order chi connectivity index (χ0) is 16.2. The Bertz CT molecular complexity index is 932. The fourth-order valence-corrected chi connectivity index (χ4v) is 2.91. The van der Waals surface area contributed by atoms with Crippen LogP contribution in [0.3, 0.4) is 0 Å². The van der Waals surface area contributed by atoms with Gasteiger partial charge in [0, 0.05) is 21.9 Å². The summed E-state index contributed by atoms with van der Waals surface area (Å²) in [6.45, 7) is 0.0950. The molecule has 7 heteroatoms. The first-order chi connectivity index (χ1) is 11.2. The number of hydrogen-bond donors (Lipinski definition) is 4. The molecule has 0 saturated heterocycles. The third kappa shape index (κ3) is 3.21. The van der Waals surface area contributed by atoms with E-state index in [0.29, 0.717) is 0 Å². The zero-order valence-electron chi connectivity index (χ0n) is 12.1. The number of nitrogens with one attached hydrogen (secondary N) is 2. The molecule has 4 N–H and O–H groups in total. The van der Waals surface area contributed by atoms with Crippen molar-refractivity contribution >= 4 is 44.4 Å². The molecule has 0 bridgehead atoms. The van der Waals surface area contributed by atoms with Gasteiger partial charge in [-0.05, 0) is 22.6 Å². The minimum Gasteiger partial charge on any atom is -0.392 e. The lowest BCUT2D eigenvalue weighted by Gasteiger charge is -1.95. The van der Waals surface area contributed by atoms with E-state index in [1.165, 1.54) is 0 Å². The SMILES string of the molecule is OCc1cccc2c(I)[nH]nc12.OCc1cccc2cn[nH]c12. The van der Waals surface area contributed by atoms with E-state index in [2.05, 4.69) is 43.0 Å².